The van der Waals surface area contributed by atoms with E-state index in [9.17, 15) is 4.79 Å². The average Bonchev–Trinajstić information content (AvgIpc) is 3.19. The Kier molecular flexibility index (Phi) is 8.79. The number of hydrogen-bond donors (Lipinski definition) is 1. The second kappa shape index (κ2) is 10.9. The van der Waals surface area contributed by atoms with Gasteiger partial charge in [0.2, 0.25) is 5.91 Å². The van der Waals surface area contributed by atoms with E-state index in [1.165, 1.54) is 0 Å². The van der Waals surface area contributed by atoms with Crippen molar-refractivity contribution in [2.75, 3.05) is 32.8 Å². The molecule has 2 aliphatic rings. The first-order valence-corrected chi connectivity index (χ1v) is 12.7. The maximum absolute atomic E-state index is 12.8. The fourth-order valence-corrected chi connectivity index (χ4v) is 5.45. The van der Waals surface area contributed by atoms with Crippen LogP contribution >= 0.6 is 31.9 Å². The van der Waals surface area contributed by atoms with Crippen molar-refractivity contribution in [1.82, 2.24) is 10.2 Å². The van der Waals surface area contributed by atoms with Gasteiger partial charge in [0.15, 0.2) is 5.79 Å². The molecule has 1 aromatic rings. The van der Waals surface area contributed by atoms with E-state index in [1.54, 1.807) is 0 Å². The second-order valence-corrected chi connectivity index (χ2v) is 10.2. The minimum atomic E-state index is -0.388. The van der Waals surface area contributed by atoms with Gasteiger partial charge in [0.1, 0.15) is 0 Å². The fourth-order valence-electron chi connectivity index (χ4n) is 4.77. The van der Waals surface area contributed by atoms with Gasteiger partial charge < -0.3 is 14.8 Å². The highest BCUT2D eigenvalue weighted by atomic mass is 79.9. The van der Waals surface area contributed by atoms with Crippen molar-refractivity contribution >= 4 is 37.8 Å². The topological polar surface area (TPSA) is 50.8 Å². The van der Waals surface area contributed by atoms with E-state index in [2.05, 4.69) is 55.9 Å². The van der Waals surface area contributed by atoms with E-state index in [0.29, 0.717) is 26.2 Å². The Morgan fingerprint density at radius 3 is 2.23 bits per heavy atom. The number of benzene rings is 1. The van der Waals surface area contributed by atoms with Gasteiger partial charge in [0, 0.05) is 33.9 Å². The Morgan fingerprint density at radius 1 is 1.03 bits per heavy atom. The van der Waals surface area contributed by atoms with Crippen LogP contribution in [0.4, 0.5) is 0 Å². The van der Waals surface area contributed by atoms with Crippen molar-refractivity contribution in [3.8, 4) is 0 Å². The quantitative estimate of drug-likeness (QED) is 0.472. The predicted molar refractivity (Wildman–Crippen MR) is 127 cm³/mol. The molecule has 1 aliphatic carbocycles. The Labute approximate surface area is 197 Å². The molecule has 0 bridgehead atoms. The van der Waals surface area contributed by atoms with Gasteiger partial charge in [-0.2, -0.15) is 0 Å². The molecule has 1 spiro atoms. The molecule has 5 nitrogen and oxygen atoms in total. The van der Waals surface area contributed by atoms with Gasteiger partial charge in [-0.25, -0.2) is 0 Å². The molecular weight excluding hydrogens is 512 g/mol. The molecule has 1 heterocycles. The Balaban J connectivity index is 1.67. The van der Waals surface area contributed by atoms with Crippen LogP contribution in [0.5, 0.6) is 0 Å². The van der Waals surface area contributed by atoms with Crippen molar-refractivity contribution in [3.05, 3.63) is 32.7 Å². The molecule has 3 rings (SSSR count). The van der Waals surface area contributed by atoms with Crippen LogP contribution in [0.25, 0.3) is 0 Å². The number of nitrogens with zero attached hydrogens (tertiary/aromatic N) is 1. The first-order chi connectivity index (χ1) is 14.4. The fraction of sp³-hybridized carbons (Fsp3) is 0.696. The predicted octanol–water partition coefficient (Wildman–Crippen LogP) is 5.05. The molecule has 1 saturated heterocycles. The smallest absolute Gasteiger partial charge is 0.224 e. The van der Waals surface area contributed by atoms with Crippen molar-refractivity contribution in [2.45, 2.75) is 70.1 Å². The number of halogens is 2. The lowest BCUT2D eigenvalue weighted by Crippen LogP contribution is -2.60. The van der Waals surface area contributed by atoms with Crippen LogP contribution in [0.1, 0.15) is 57.9 Å². The molecule has 2 fully saturated rings. The molecule has 1 N–H and O–H groups in total. The lowest BCUT2D eigenvalue weighted by molar-refractivity contribution is -0.194. The van der Waals surface area contributed by atoms with E-state index in [-0.39, 0.29) is 17.2 Å². The zero-order valence-corrected chi connectivity index (χ0v) is 21.3. The van der Waals surface area contributed by atoms with E-state index in [1.807, 2.05) is 18.2 Å². The molecule has 0 aromatic heterocycles. The molecule has 1 aliphatic heterocycles. The van der Waals surface area contributed by atoms with Gasteiger partial charge >= 0.3 is 0 Å². The normalized spacial score (nSPS) is 20.0. The number of hydrogen-bond acceptors (Lipinski definition) is 4. The standard InChI is InChI=1S/C23H34Br2N2O3/c1-3-11-27(12-4-2)22(7-9-23(10-8-22)29-13-14-30-23)17-26-21(28)16-18-5-6-19(24)20(25)15-18/h5-6,15H,3-4,7-14,16-17H2,1-2H3,(H,26,28). The third-order valence-electron chi connectivity index (χ3n) is 6.38. The summed E-state index contributed by atoms with van der Waals surface area (Å²) in [6.07, 6.45) is 6.37. The number of ether oxygens (including phenoxy) is 2. The number of carbonyl (C=O) groups is 1. The molecule has 168 valence electrons. The highest BCUT2D eigenvalue weighted by Crippen LogP contribution is 2.43. The molecule has 30 heavy (non-hydrogen) atoms. The van der Waals surface area contributed by atoms with E-state index in [0.717, 1.165) is 66.1 Å². The van der Waals surface area contributed by atoms with Gasteiger partial charge in [-0.15, -0.1) is 0 Å². The highest BCUT2D eigenvalue weighted by Gasteiger charge is 2.48. The van der Waals surface area contributed by atoms with Crippen LogP contribution in [0, 0.1) is 0 Å². The van der Waals surface area contributed by atoms with E-state index in [4.69, 9.17) is 9.47 Å². The average molecular weight is 546 g/mol. The summed E-state index contributed by atoms with van der Waals surface area (Å²) in [6, 6.07) is 5.96. The van der Waals surface area contributed by atoms with Crippen LogP contribution in [-0.2, 0) is 20.7 Å². The van der Waals surface area contributed by atoms with Gasteiger partial charge in [-0.05, 0) is 88.3 Å². The molecule has 1 aromatic carbocycles. The number of carbonyl (C=O) groups excluding carboxylic acids is 1. The maximum Gasteiger partial charge on any atom is 0.224 e. The van der Waals surface area contributed by atoms with Crippen LogP contribution in [0.3, 0.4) is 0 Å². The monoisotopic (exact) mass is 544 g/mol. The summed E-state index contributed by atoms with van der Waals surface area (Å²) in [5, 5.41) is 3.26. The Hall–Kier alpha value is -0.470. The van der Waals surface area contributed by atoms with Gasteiger partial charge in [0.25, 0.3) is 0 Å². The zero-order valence-electron chi connectivity index (χ0n) is 18.1. The maximum atomic E-state index is 12.8. The third-order valence-corrected chi connectivity index (χ3v) is 8.26. The van der Waals surface area contributed by atoms with Crippen molar-refractivity contribution < 1.29 is 14.3 Å². The van der Waals surface area contributed by atoms with Gasteiger partial charge in [-0.1, -0.05) is 19.9 Å². The molecule has 0 atom stereocenters. The highest BCUT2D eigenvalue weighted by molar-refractivity contribution is 9.13. The van der Waals surface area contributed by atoms with E-state index >= 15 is 0 Å². The SMILES string of the molecule is CCCN(CCC)C1(CNC(=O)Cc2ccc(Br)c(Br)c2)CCC2(CC1)OCCO2. The number of amides is 1. The van der Waals surface area contributed by atoms with Crippen LogP contribution < -0.4 is 5.32 Å². The van der Waals surface area contributed by atoms with Gasteiger partial charge in [0.05, 0.1) is 19.6 Å². The van der Waals surface area contributed by atoms with Crippen LogP contribution in [-0.4, -0.2) is 55.0 Å². The lowest BCUT2D eigenvalue weighted by atomic mass is 9.76. The molecule has 0 unspecified atom stereocenters. The summed E-state index contributed by atoms with van der Waals surface area (Å²) in [5.74, 6) is -0.313. The third kappa shape index (κ3) is 5.85. The van der Waals surface area contributed by atoms with Crippen molar-refractivity contribution in [1.29, 1.82) is 0 Å². The first-order valence-electron chi connectivity index (χ1n) is 11.2. The first kappa shape index (κ1) is 24.2. The van der Waals surface area contributed by atoms with Crippen LogP contribution in [0.2, 0.25) is 0 Å². The van der Waals surface area contributed by atoms with Crippen LogP contribution in [0.15, 0.2) is 27.1 Å². The summed E-state index contributed by atoms with van der Waals surface area (Å²) in [6.45, 7) is 8.64. The van der Waals surface area contributed by atoms with Crippen molar-refractivity contribution in [2.24, 2.45) is 0 Å². The molecule has 7 heteroatoms. The van der Waals surface area contributed by atoms with Crippen molar-refractivity contribution in [3.63, 3.8) is 0 Å². The molecule has 1 amide bonds. The summed E-state index contributed by atoms with van der Waals surface area (Å²) in [7, 11) is 0. The zero-order chi connectivity index (χ0) is 21.6. The molecular formula is C23H34Br2N2O3. The number of nitrogens with one attached hydrogen (secondary N) is 1. The molecule has 0 radical (unpaired) electrons. The summed E-state index contributed by atoms with van der Waals surface area (Å²) < 4.78 is 13.9. The minimum absolute atomic E-state index is 0.0253. The Bertz CT molecular complexity index is 706. The summed E-state index contributed by atoms with van der Waals surface area (Å²) in [5.41, 5.74) is 0.980. The number of rotatable bonds is 9. The summed E-state index contributed by atoms with van der Waals surface area (Å²) in [4.78, 5) is 15.4. The Morgan fingerprint density at radius 2 is 1.67 bits per heavy atom. The summed E-state index contributed by atoms with van der Waals surface area (Å²) >= 11 is 7.00. The van der Waals surface area contributed by atoms with E-state index < -0.39 is 0 Å². The minimum Gasteiger partial charge on any atom is -0.354 e. The lowest BCUT2D eigenvalue weighted by Gasteiger charge is -2.50. The molecule has 1 saturated carbocycles. The second-order valence-electron chi connectivity index (χ2n) is 8.52. The van der Waals surface area contributed by atoms with Gasteiger partial charge in [-0.3, -0.25) is 9.69 Å². The largest absolute Gasteiger partial charge is 0.354 e.